The molecule has 11 heavy (non-hydrogen) atoms. The zero-order valence-corrected chi connectivity index (χ0v) is 8.01. The first kappa shape index (κ1) is 7.64. The maximum atomic E-state index is 2.47. The van der Waals surface area contributed by atoms with Crippen LogP contribution in [-0.2, 0) is 0 Å². The van der Waals surface area contributed by atoms with Crippen LogP contribution in [0.5, 0.6) is 0 Å². The molecule has 2 aliphatic rings. The van der Waals surface area contributed by atoms with E-state index in [2.05, 4.69) is 20.8 Å². The molecule has 0 heteroatoms. The summed E-state index contributed by atoms with van der Waals surface area (Å²) < 4.78 is 0. The lowest BCUT2D eigenvalue weighted by molar-refractivity contribution is 0.301. The van der Waals surface area contributed by atoms with Crippen molar-refractivity contribution in [2.24, 2.45) is 29.6 Å². The first-order chi connectivity index (χ1) is 5.20. The minimum absolute atomic E-state index is 1.01. The average Bonchev–Trinajstić information content (AvgIpc) is 2.76. The topological polar surface area (TPSA) is 0 Å². The molecule has 2 aliphatic carbocycles. The van der Waals surface area contributed by atoms with Gasteiger partial charge in [0.25, 0.3) is 0 Å². The van der Waals surface area contributed by atoms with Gasteiger partial charge in [0.05, 0.1) is 0 Å². The van der Waals surface area contributed by atoms with E-state index in [0.717, 1.165) is 29.6 Å². The third-order valence-electron chi connectivity index (χ3n) is 4.04. The predicted octanol–water partition coefficient (Wildman–Crippen LogP) is 3.32. The number of hydrogen-bond donors (Lipinski definition) is 0. The van der Waals surface area contributed by atoms with E-state index in [1.165, 1.54) is 19.3 Å². The molecule has 2 rings (SSSR count). The van der Waals surface area contributed by atoms with Crippen LogP contribution in [0.25, 0.3) is 0 Å². The van der Waals surface area contributed by atoms with Crippen LogP contribution in [0.4, 0.5) is 0 Å². The summed E-state index contributed by atoms with van der Waals surface area (Å²) in [5.74, 6) is 5.28. The lowest BCUT2D eigenvalue weighted by Crippen LogP contribution is -2.12. The molecule has 0 heterocycles. The standard InChI is InChI=1S/C11H20/c1-7-6-11(7)9(3)8(2)10-4-5-10/h7-11H,4-6H2,1-3H3. The molecule has 64 valence electrons. The van der Waals surface area contributed by atoms with Gasteiger partial charge in [0.1, 0.15) is 0 Å². The van der Waals surface area contributed by atoms with E-state index in [4.69, 9.17) is 0 Å². The molecule has 0 aromatic heterocycles. The Morgan fingerprint density at radius 1 is 1.09 bits per heavy atom. The Hall–Kier alpha value is 0. The Balaban J connectivity index is 1.83. The van der Waals surface area contributed by atoms with Crippen LogP contribution in [-0.4, -0.2) is 0 Å². The molecule has 0 saturated heterocycles. The molecule has 0 nitrogen and oxygen atoms in total. The van der Waals surface area contributed by atoms with E-state index in [1.807, 2.05) is 0 Å². The van der Waals surface area contributed by atoms with E-state index >= 15 is 0 Å². The first-order valence-corrected chi connectivity index (χ1v) is 5.20. The van der Waals surface area contributed by atoms with Crippen molar-refractivity contribution in [3.8, 4) is 0 Å². The van der Waals surface area contributed by atoms with Crippen molar-refractivity contribution in [2.75, 3.05) is 0 Å². The third kappa shape index (κ3) is 1.45. The van der Waals surface area contributed by atoms with Crippen molar-refractivity contribution < 1.29 is 0 Å². The summed E-state index contributed by atoms with van der Waals surface area (Å²) in [6.45, 7) is 7.34. The monoisotopic (exact) mass is 152 g/mol. The lowest BCUT2D eigenvalue weighted by Gasteiger charge is -2.18. The quantitative estimate of drug-likeness (QED) is 0.582. The summed E-state index contributed by atoms with van der Waals surface area (Å²) in [6, 6.07) is 0. The molecule has 0 aromatic rings. The molecule has 2 fully saturated rings. The Bertz CT molecular complexity index is 146. The Morgan fingerprint density at radius 2 is 1.64 bits per heavy atom. The van der Waals surface area contributed by atoms with Gasteiger partial charge in [-0.3, -0.25) is 0 Å². The second kappa shape index (κ2) is 2.50. The van der Waals surface area contributed by atoms with Gasteiger partial charge < -0.3 is 0 Å². The van der Waals surface area contributed by atoms with Crippen molar-refractivity contribution in [1.82, 2.24) is 0 Å². The molecule has 4 atom stereocenters. The molecular formula is C11H20. The van der Waals surface area contributed by atoms with Gasteiger partial charge in [-0.2, -0.15) is 0 Å². The summed E-state index contributed by atoms with van der Waals surface area (Å²) in [4.78, 5) is 0. The van der Waals surface area contributed by atoms with Crippen LogP contribution in [0, 0.1) is 29.6 Å². The van der Waals surface area contributed by atoms with Crippen LogP contribution in [0.1, 0.15) is 40.0 Å². The SMILES string of the molecule is CC1CC1C(C)C(C)C1CC1. The summed E-state index contributed by atoms with van der Waals surface area (Å²) >= 11 is 0. The first-order valence-electron chi connectivity index (χ1n) is 5.20. The van der Waals surface area contributed by atoms with Crippen molar-refractivity contribution in [1.29, 1.82) is 0 Å². The van der Waals surface area contributed by atoms with Crippen molar-refractivity contribution in [2.45, 2.75) is 40.0 Å². The Kier molecular flexibility index (Phi) is 1.74. The maximum absolute atomic E-state index is 2.47. The number of hydrogen-bond acceptors (Lipinski definition) is 0. The van der Waals surface area contributed by atoms with Crippen LogP contribution in [0.2, 0.25) is 0 Å². The van der Waals surface area contributed by atoms with Crippen LogP contribution < -0.4 is 0 Å². The second-order valence-corrected chi connectivity index (χ2v) is 4.93. The number of rotatable bonds is 3. The third-order valence-corrected chi connectivity index (χ3v) is 4.04. The lowest BCUT2D eigenvalue weighted by atomic mass is 9.87. The van der Waals surface area contributed by atoms with Gasteiger partial charge in [-0.05, 0) is 48.9 Å². The summed E-state index contributed by atoms with van der Waals surface area (Å²) in [6.07, 6.45) is 4.55. The van der Waals surface area contributed by atoms with Crippen molar-refractivity contribution >= 4 is 0 Å². The minimum Gasteiger partial charge on any atom is -0.0622 e. The van der Waals surface area contributed by atoms with Gasteiger partial charge in [0.2, 0.25) is 0 Å². The van der Waals surface area contributed by atoms with Gasteiger partial charge in [-0.1, -0.05) is 20.8 Å². The highest BCUT2D eigenvalue weighted by molar-refractivity contribution is 4.92. The molecule has 4 unspecified atom stereocenters. The fourth-order valence-corrected chi connectivity index (χ4v) is 2.52. The van der Waals surface area contributed by atoms with Gasteiger partial charge in [-0.25, -0.2) is 0 Å². The highest BCUT2D eigenvalue weighted by Crippen LogP contribution is 2.51. The van der Waals surface area contributed by atoms with Crippen molar-refractivity contribution in [3.63, 3.8) is 0 Å². The average molecular weight is 152 g/mol. The predicted molar refractivity (Wildman–Crippen MR) is 48.3 cm³/mol. The van der Waals surface area contributed by atoms with Crippen LogP contribution >= 0.6 is 0 Å². The zero-order chi connectivity index (χ0) is 8.01. The van der Waals surface area contributed by atoms with Crippen LogP contribution in [0.3, 0.4) is 0 Å². The molecule has 0 aliphatic heterocycles. The van der Waals surface area contributed by atoms with E-state index in [9.17, 15) is 0 Å². The van der Waals surface area contributed by atoms with E-state index in [1.54, 1.807) is 0 Å². The summed E-state index contributed by atoms with van der Waals surface area (Å²) in [7, 11) is 0. The molecule has 0 bridgehead atoms. The molecule has 0 N–H and O–H groups in total. The molecule has 2 saturated carbocycles. The Morgan fingerprint density at radius 3 is 2.00 bits per heavy atom. The van der Waals surface area contributed by atoms with Crippen molar-refractivity contribution in [3.05, 3.63) is 0 Å². The second-order valence-electron chi connectivity index (χ2n) is 4.93. The van der Waals surface area contributed by atoms with Gasteiger partial charge in [-0.15, -0.1) is 0 Å². The minimum atomic E-state index is 1.01. The highest BCUT2D eigenvalue weighted by Gasteiger charge is 2.42. The summed E-state index contributed by atoms with van der Waals surface area (Å²) in [5, 5.41) is 0. The zero-order valence-electron chi connectivity index (χ0n) is 8.01. The molecule has 0 aromatic carbocycles. The molecular weight excluding hydrogens is 132 g/mol. The van der Waals surface area contributed by atoms with Gasteiger partial charge in [0.15, 0.2) is 0 Å². The normalized spacial score (nSPS) is 41.7. The fraction of sp³-hybridized carbons (Fsp3) is 1.00. The maximum Gasteiger partial charge on any atom is -0.0357 e. The van der Waals surface area contributed by atoms with Gasteiger partial charge >= 0.3 is 0 Å². The molecule has 0 spiro atoms. The largest absolute Gasteiger partial charge is 0.0622 e. The summed E-state index contributed by atoms with van der Waals surface area (Å²) in [5.41, 5.74) is 0. The Labute approximate surface area is 70.4 Å². The highest BCUT2D eigenvalue weighted by atomic mass is 14.5. The van der Waals surface area contributed by atoms with E-state index in [-0.39, 0.29) is 0 Å². The molecule has 0 radical (unpaired) electrons. The van der Waals surface area contributed by atoms with Gasteiger partial charge in [0, 0.05) is 0 Å². The smallest absolute Gasteiger partial charge is 0.0357 e. The van der Waals surface area contributed by atoms with E-state index < -0.39 is 0 Å². The van der Waals surface area contributed by atoms with Crippen LogP contribution in [0.15, 0.2) is 0 Å². The van der Waals surface area contributed by atoms with E-state index in [0.29, 0.717) is 0 Å². The molecule has 0 amide bonds. The fourth-order valence-electron chi connectivity index (χ4n) is 2.52.